The lowest BCUT2D eigenvalue weighted by Gasteiger charge is -2.12. The summed E-state index contributed by atoms with van der Waals surface area (Å²) in [5.41, 5.74) is 5.92. The van der Waals surface area contributed by atoms with E-state index in [4.69, 9.17) is 4.98 Å². The monoisotopic (exact) mass is 457 g/mol. The first-order valence-electron chi connectivity index (χ1n) is 11.3. The summed E-state index contributed by atoms with van der Waals surface area (Å²) in [5.74, 6) is -0.407. The minimum atomic E-state index is -0.221. The third kappa shape index (κ3) is 4.94. The molecule has 0 aliphatic rings. The minimum absolute atomic E-state index is 0.186. The Morgan fingerprint density at radius 1 is 0.657 bits per heavy atom. The van der Waals surface area contributed by atoms with Crippen LogP contribution in [-0.2, 0) is 0 Å². The summed E-state index contributed by atoms with van der Waals surface area (Å²) in [6.07, 6.45) is 0. The highest BCUT2D eigenvalue weighted by molar-refractivity contribution is 6.13. The highest BCUT2D eigenvalue weighted by atomic mass is 16.2. The average molecular weight is 458 g/mol. The number of aryl methyl sites for hydroxylation is 1. The van der Waals surface area contributed by atoms with Crippen LogP contribution in [0.2, 0.25) is 0 Å². The van der Waals surface area contributed by atoms with Crippen molar-refractivity contribution in [2.24, 2.45) is 0 Å². The topological polar surface area (TPSA) is 71.1 Å². The molecule has 5 rings (SSSR count). The predicted octanol–water partition coefficient (Wildman–Crippen LogP) is 6.71. The molecule has 2 amide bonds. The van der Waals surface area contributed by atoms with E-state index in [0.717, 1.165) is 27.7 Å². The molecule has 5 aromatic rings. The maximum absolute atomic E-state index is 13.4. The van der Waals surface area contributed by atoms with Gasteiger partial charge in [0.05, 0.1) is 16.8 Å². The number of amides is 2. The second kappa shape index (κ2) is 9.61. The number of benzene rings is 4. The number of hydrogen-bond donors (Lipinski definition) is 2. The van der Waals surface area contributed by atoms with Crippen molar-refractivity contribution in [3.8, 4) is 11.3 Å². The van der Waals surface area contributed by atoms with Gasteiger partial charge in [0.15, 0.2) is 0 Å². The fraction of sp³-hybridized carbons (Fsp3) is 0.0333. The van der Waals surface area contributed by atoms with Gasteiger partial charge >= 0.3 is 0 Å². The van der Waals surface area contributed by atoms with Gasteiger partial charge in [-0.3, -0.25) is 9.59 Å². The first-order valence-corrected chi connectivity index (χ1v) is 11.3. The van der Waals surface area contributed by atoms with Gasteiger partial charge in [0.1, 0.15) is 0 Å². The largest absolute Gasteiger partial charge is 0.322 e. The van der Waals surface area contributed by atoms with E-state index < -0.39 is 0 Å². The summed E-state index contributed by atoms with van der Waals surface area (Å²) >= 11 is 0. The summed E-state index contributed by atoms with van der Waals surface area (Å²) in [5, 5.41) is 6.65. The lowest BCUT2D eigenvalue weighted by atomic mass is 10.0. The van der Waals surface area contributed by atoms with E-state index in [0.29, 0.717) is 22.5 Å². The highest BCUT2D eigenvalue weighted by Crippen LogP contribution is 2.27. The molecule has 35 heavy (non-hydrogen) atoms. The van der Waals surface area contributed by atoms with Gasteiger partial charge < -0.3 is 10.6 Å². The van der Waals surface area contributed by atoms with E-state index in [2.05, 4.69) is 10.6 Å². The number of hydrogen-bond acceptors (Lipinski definition) is 3. The molecule has 0 fully saturated rings. The van der Waals surface area contributed by atoms with Crippen LogP contribution in [0.1, 0.15) is 26.3 Å². The fourth-order valence-corrected chi connectivity index (χ4v) is 3.91. The van der Waals surface area contributed by atoms with Gasteiger partial charge in [-0.1, -0.05) is 60.2 Å². The second-order valence-corrected chi connectivity index (χ2v) is 8.29. The number of anilines is 2. The first-order chi connectivity index (χ1) is 17.1. The molecule has 5 nitrogen and oxygen atoms in total. The standard InChI is InChI=1S/C30H23N3O2/c1-20-12-17-27-25(18-20)26(19-28(33-27)21-8-4-2-5-9-21)30(35)32-24-15-13-23(14-16-24)31-29(34)22-10-6-3-7-11-22/h2-19H,1H3,(H,31,34)(H,32,35). The first kappa shape index (κ1) is 22.0. The quantitative estimate of drug-likeness (QED) is 0.308. The van der Waals surface area contributed by atoms with Crippen molar-refractivity contribution >= 4 is 34.1 Å². The highest BCUT2D eigenvalue weighted by Gasteiger charge is 2.15. The molecule has 5 heteroatoms. The van der Waals surface area contributed by atoms with Crippen molar-refractivity contribution in [2.45, 2.75) is 6.92 Å². The average Bonchev–Trinajstić information content (AvgIpc) is 2.90. The molecule has 0 aliphatic carbocycles. The second-order valence-electron chi connectivity index (χ2n) is 8.29. The Kier molecular flexibility index (Phi) is 6.05. The van der Waals surface area contributed by atoms with E-state index >= 15 is 0 Å². The molecule has 0 saturated heterocycles. The molecular weight excluding hydrogens is 434 g/mol. The van der Waals surface area contributed by atoms with Crippen LogP contribution >= 0.6 is 0 Å². The number of rotatable bonds is 5. The number of carbonyl (C=O) groups is 2. The minimum Gasteiger partial charge on any atom is -0.322 e. The SMILES string of the molecule is Cc1ccc2nc(-c3ccccc3)cc(C(=O)Nc3ccc(NC(=O)c4ccccc4)cc3)c2c1. The smallest absolute Gasteiger partial charge is 0.256 e. The van der Waals surface area contributed by atoms with E-state index in [1.165, 1.54) is 0 Å². The summed E-state index contributed by atoms with van der Waals surface area (Å²) in [7, 11) is 0. The van der Waals surface area contributed by atoms with Crippen LogP contribution in [0.3, 0.4) is 0 Å². The Balaban J connectivity index is 1.40. The molecule has 2 N–H and O–H groups in total. The number of nitrogens with one attached hydrogen (secondary N) is 2. The summed E-state index contributed by atoms with van der Waals surface area (Å²) in [6, 6.07) is 33.7. The van der Waals surface area contributed by atoms with Gasteiger partial charge in [0.2, 0.25) is 0 Å². The van der Waals surface area contributed by atoms with Crippen LogP contribution in [0.5, 0.6) is 0 Å². The van der Waals surface area contributed by atoms with E-state index in [1.54, 1.807) is 36.4 Å². The number of carbonyl (C=O) groups excluding carboxylic acids is 2. The zero-order valence-electron chi connectivity index (χ0n) is 19.2. The zero-order valence-corrected chi connectivity index (χ0v) is 19.2. The van der Waals surface area contributed by atoms with Crippen molar-refractivity contribution in [1.82, 2.24) is 4.98 Å². The Morgan fingerprint density at radius 3 is 1.91 bits per heavy atom. The van der Waals surface area contributed by atoms with Gasteiger partial charge in [-0.05, 0) is 61.5 Å². The van der Waals surface area contributed by atoms with Crippen molar-refractivity contribution in [1.29, 1.82) is 0 Å². The molecule has 170 valence electrons. The van der Waals surface area contributed by atoms with Gasteiger partial charge in [-0.15, -0.1) is 0 Å². The Labute approximate surface area is 203 Å². The van der Waals surface area contributed by atoms with Gasteiger partial charge in [-0.2, -0.15) is 0 Å². The molecule has 4 aromatic carbocycles. The predicted molar refractivity (Wildman–Crippen MR) is 141 cm³/mol. The van der Waals surface area contributed by atoms with Gasteiger partial charge in [0.25, 0.3) is 11.8 Å². The lowest BCUT2D eigenvalue weighted by Crippen LogP contribution is -2.14. The molecule has 1 aromatic heterocycles. The van der Waals surface area contributed by atoms with Crippen molar-refractivity contribution < 1.29 is 9.59 Å². The van der Waals surface area contributed by atoms with E-state index in [-0.39, 0.29) is 11.8 Å². The number of pyridine rings is 1. The maximum Gasteiger partial charge on any atom is 0.256 e. The fourth-order valence-electron chi connectivity index (χ4n) is 3.91. The molecule has 0 bridgehead atoms. The summed E-state index contributed by atoms with van der Waals surface area (Å²) in [6.45, 7) is 1.99. The normalized spacial score (nSPS) is 10.7. The molecule has 0 spiro atoms. The maximum atomic E-state index is 13.4. The molecule has 1 heterocycles. The molecule has 0 aliphatic heterocycles. The Bertz CT molecular complexity index is 1510. The molecule has 0 radical (unpaired) electrons. The van der Waals surface area contributed by atoms with E-state index in [9.17, 15) is 9.59 Å². The number of nitrogens with zero attached hydrogens (tertiary/aromatic N) is 1. The van der Waals surface area contributed by atoms with Crippen LogP contribution in [0.15, 0.2) is 109 Å². The van der Waals surface area contributed by atoms with Crippen LogP contribution in [-0.4, -0.2) is 16.8 Å². The summed E-state index contributed by atoms with van der Waals surface area (Å²) in [4.78, 5) is 30.5. The lowest BCUT2D eigenvalue weighted by molar-refractivity contribution is 0.101. The molecular formula is C30H23N3O2. The third-order valence-electron chi connectivity index (χ3n) is 5.71. The third-order valence-corrected chi connectivity index (χ3v) is 5.71. The van der Waals surface area contributed by atoms with Gasteiger partial charge in [-0.25, -0.2) is 4.98 Å². The van der Waals surface area contributed by atoms with Crippen LogP contribution in [0, 0.1) is 6.92 Å². The molecule has 0 saturated carbocycles. The van der Waals surface area contributed by atoms with E-state index in [1.807, 2.05) is 79.7 Å². The number of aromatic nitrogens is 1. The summed E-state index contributed by atoms with van der Waals surface area (Å²) < 4.78 is 0. The van der Waals surface area contributed by atoms with Gasteiger partial charge in [0, 0.05) is 27.9 Å². The number of fused-ring (bicyclic) bond motifs is 1. The molecule has 0 unspecified atom stereocenters. The van der Waals surface area contributed by atoms with Crippen molar-refractivity contribution in [2.75, 3.05) is 10.6 Å². The van der Waals surface area contributed by atoms with Crippen LogP contribution < -0.4 is 10.6 Å². The van der Waals surface area contributed by atoms with Crippen molar-refractivity contribution in [3.05, 3.63) is 126 Å². The zero-order chi connectivity index (χ0) is 24.2. The molecule has 0 atom stereocenters. The van der Waals surface area contributed by atoms with Crippen molar-refractivity contribution in [3.63, 3.8) is 0 Å². The van der Waals surface area contributed by atoms with Crippen LogP contribution in [0.25, 0.3) is 22.2 Å². The Morgan fingerprint density at radius 2 is 1.26 bits per heavy atom. The Hall–Kier alpha value is -4.77. The van der Waals surface area contributed by atoms with Crippen LogP contribution in [0.4, 0.5) is 11.4 Å².